The van der Waals surface area contributed by atoms with Gasteiger partial charge >= 0.3 is 0 Å². The zero-order chi connectivity index (χ0) is 14.2. The minimum absolute atomic E-state index is 0.0597. The van der Waals surface area contributed by atoms with Crippen molar-refractivity contribution in [2.45, 2.75) is 36.5 Å². The van der Waals surface area contributed by atoms with E-state index in [1.807, 2.05) is 12.1 Å². The van der Waals surface area contributed by atoms with Crippen molar-refractivity contribution in [2.24, 2.45) is 0 Å². The SMILES string of the molecule is CCCSC1(C2(C=Cc3ccc(Cl)cc3Cl)CO2)CC1. The third-order valence-electron chi connectivity index (χ3n) is 4.01. The predicted octanol–water partition coefficient (Wildman–Crippen LogP) is 5.45. The maximum atomic E-state index is 6.21. The average Bonchev–Trinajstić information content (AvgIpc) is 3.30. The van der Waals surface area contributed by atoms with E-state index in [1.54, 1.807) is 6.07 Å². The highest BCUT2D eigenvalue weighted by Gasteiger charge is 2.66. The zero-order valence-corrected chi connectivity index (χ0v) is 13.8. The van der Waals surface area contributed by atoms with Crippen LogP contribution in [-0.2, 0) is 4.74 Å². The molecule has 108 valence electrons. The Morgan fingerprint density at radius 3 is 2.65 bits per heavy atom. The van der Waals surface area contributed by atoms with Gasteiger partial charge in [0.1, 0.15) is 5.60 Å². The Bertz CT molecular complexity index is 533. The highest BCUT2D eigenvalue weighted by Crippen LogP contribution is 2.62. The van der Waals surface area contributed by atoms with Crippen LogP contribution in [0.25, 0.3) is 6.08 Å². The van der Waals surface area contributed by atoms with E-state index in [9.17, 15) is 0 Å². The minimum atomic E-state index is -0.0597. The molecule has 0 amide bonds. The highest BCUT2D eigenvalue weighted by atomic mass is 35.5. The maximum absolute atomic E-state index is 6.21. The van der Waals surface area contributed by atoms with Crippen molar-refractivity contribution in [3.8, 4) is 0 Å². The molecule has 1 aromatic carbocycles. The van der Waals surface area contributed by atoms with E-state index in [0.29, 0.717) is 14.8 Å². The molecule has 1 saturated carbocycles. The van der Waals surface area contributed by atoms with Gasteiger partial charge in [-0.2, -0.15) is 11.8 Å². The molecule has 0 spiro atoms. The Hall–Kier alpha value is -0.150. The summed E-state index contributed by atoms with van der Waals surface area (Å²) in [7, 11) is 0. The molecule has 1 atom stereocenters. The number of hydrogen-bond donors (Lipinski definition) is 0. The summed E-state index contributed by atoms with van der Waals surface area (Å²) >= 11 is 14.2. The van der Waals surface area contributed by atoms with Gasteiger partial charge in [0.2, 0.25) is 0 Å². The molecule has 1 heterocycles. The van der Waals surface area contributed by atoms with Gasteiger partial charge in [-0.1, -0.05) is 42.3 Å². The van der Waals surface area contributed by atoms with Crippen LogP contribution in [-0.4, -0.2) is 22.7 Å². The Labute approximate surface area is 134 Å². The predicted molar refractivity (Wildman–Crippen MR) is 88.9 cm³/mol. The number of halogens is 2. The highest BCUT2D eigenvalue weighted by molar-refractivity contribution is 8.01. The molecule has 3 rings (SSSR count). The van der Waals surface area contributed by atoms with Gasteiger partial charge in [-0.05, 0) is 48.8 Å². The van der Waals surface area contributed by atoms with E-state index in [-0.39, 0.29) is 5.60 Å². The van der Waals surface area contributed by atoms with Gasteiger partial charge in [0, 0.05) is 10.0 Å². The summed E-state index contributed by atoms with van der Waals surface area (Å²) in [5, 5.41) is 1.36. The molecular formula is C16H18Cl2OS. The fraction of sp³-hybridized carbons (Fsp3) is 0.500. The van der Waals surface area contributed by atoms with Gasteiger partial charge < -0.3 is 4.74 Å². The zero-order valence-electron chi connectivity index (χ0n) is 11.5. The van der Waals surface area contributed by atoms with E-state index in [1.165, 1.54) is 25.0 Å². The number of hydrogen-bond acceptors (Lipinski definition) is 2. The molecule has 1 aliphatic carbocycles. The first kappa shape index (κ1) is 14.8. The van der Waals surface area contributed by atoms with Crippen LogP contribution in [0, 0.1) is 0 Å². The largest absolute Gasteiger partial charge is 0.364 e. The molecular weight excluding hydrogens is 311 g/mol. The summed E-state index contributed by atoms with van der Waals surface area (Å²) in [6.07, 6.45) is 8.03. The Balaban J connectivity index is 1.75. The molecule has 1 saturated heterocycles. The van der Waals surface area contributed by atoms with Gasteiger partial charge in [-0.3, -0.25) is 0 Å². The summed E-state index contributed by atoms with van der Waals surface area (Å²) in [5.74, 6) is 1.21. The lowest BCUT2D eigenvalue weighted by atomic mass is 10.0. The molecule has 2 fully saturated rings. The lowest BCUT2D eigenvalue weighted by Gasteiger charge is -2.20. The summed E-state index contributed by atoms with van der Waals surface area (Å²) < 4.78 is 6.15. The molecule has 1 unspecified atom stereocenters. The van der Waals surface area contributed by atoms with Crippen molar-refractivity contribution < 1.29 is 4.74 Å². The fourth-order valence-corrected chi connectivity index (χ4v) is 4.44. The van der Waals surface area contributed by atoms with Gasteiger partial charge in [0.25, 0.3) is 0 Å². The molecule has 0 N–H and O–H groups in total. The van der Waals surface area contributed by atoms with Crippen LogP contribution >= 0.6 is 35.0 Å². The first-order chi connectivity index (χ1) is 9.61. The van der Waals surface area contributed by atoms with Crippen LogP contribution in [0.1, 0.15) is 31.7 Å². The lowest BCUT2D eigenvalue weighted by molar-refractivity contribution is 0.338. The minimum Gasteiger partial charge on any atom is -0.364 e. The van der Waals surface area contributed by atoms with Crippen molar-refractivity contribution in [2.75, 3.05) is 12.4 Å². The first-order valence-corrected chi connectivity index (χ1v) is 8.77. The third kappa shape index (κ3) is 2.76. The Morgan fingerprint density at radius 2 is 2.10 bits per heavy atom. The molecule has 2 aliphatic rings. The van der Waals surface area contributed by atoms with Crippen molar-refractivity contribution in [1.82, 2.24) is 0 Å². The second-order valence-electron chi connectivity index (χ2n) is 5.52. The molecule has 20 heavy (non-hydrogen) atoms. The second kappa shape index (κ2) is 5.57. The third-order valence-corrected chi connectivity index (χ3v) is 6.49. The summed E-state index contributed by atoms with van der Waals surface area (Å²) in [6.45, 7) is 3.07. The average molecular weight is 329 g/mol. The second-order valence-corrected chi connectivity index (χ2v) is 7.84. The maximum Gasteiger partial charge on any atom is 0.125 e. The van der Waals surface area contributed by atoms with Crippen LogP contribution < -0.4 is 0 Å². The van der Waals surface area contributed by atoms with Crippen LogP contribution in [0.15, 0.2) is 24.3 Å². The van der Waals surface area contributed by atoms with Crippen molar-refractivity contribution in [3.63, 3.8) is 0 Å². The van der Waals surface area contributed by atoms with Gasteiger partial charge in [0.05, 0.1) is 11.4 Å². The fourth-order valence-electron chi connectivity index (χ4n) is 2.55. The molecule has 0 radical (unpaired) electrons. The number of ether oxygens (including phenoxy) is 1. The van der Waals surface area contributed by atoms with Crippen LogP contribution in [0.2, 0.25) is 10.0 Å². The van der Waals surface area contributed by atoms with Crippen molar-refractivity contribution in [1.29, 1.82) is 0 Å². The normalized spacial score (nSPS) is 26.9. The van der Waals surface area contributed by atoms with Gasteiger partial charge in [-0.15, -0.1) is 0 Å². The van der Waals surface area contributed by atoms with E-state index in [0.717, 1.165) is 12.2 Å². The Kier molecular flexibility index (Phi) is 4.11. The number of epoxide rings is 1. The molecule has 4 heteroatoms. The number of benzene rings is 1. The number of thioether (sulfide) groups is 1. The molecule has 1 aromatic rings. The molecule has 0 aromatic heterocycles. The monoisotopic (exact) mass is 328 g/mol. The Morgan fingerprint density at radius 1 is 1.35 bits per heavy atom. The summed E-state index contributed by atoms with van der Waals surface area (Å²) in [6, 6.07) is 5.60. The van der Waals surface area contributed by atoms with E-state index < -0.39 is 0 Å². The van der Waals surface area contributed by atoms with Crippen molar-refractivity contribution >= 4 is 41.0 Å². The van der Waals surface area contributed by atoms with E-state index >= 15 is 0 Å². The van der Waals surface area contributed by atoms with Gasteiger partial charge in [-0.25, -0.2) is 0 Å². The van der Waals surface area contributed by atoms with Crippen LogP contribution in [0.3, 0.4) is 0 Å². The van der Waals surface area contributed by atoms with Crippen LogP contribution in [0.5, 0.6) is 0 Å². The quantitative estimate of drug-likeness (QED) is 0.643. The molecule has 0 bridgehead atoms. The standard InChI is InChI=1S/C16H18Cl2OS/c1-2-9-20-16(7-8-16)15(11-19-15)6-5-12-3-4-13(17)10-14(12)18/h3-6,10H,2,7-9,11H2,1H3. The first-order valence-electron chi connectivity index (χ1n) is 7.03. The van der Waals surface area contributed by atoms with E-state index in [2.05, 4.69) is 30.8 Å². The molecule has 1 aliphatic heterocycles. The van der Waals surface area contributed by atoms with Crippen LogP contribution in [0.4, 0.5) is 0 Å². The smallest absolute Gasteiger partial charge is 0.125 e. The van der Waals surface area contributed by atoms with Crippen molar-refractivity contribution in [3.05, 3.63) is 39.9 Å². The van der Waals surface area contributed by atoms with E-state index in [4.69, 9.17) is 27.9 Å². The summed E-state index contributed by atoms with van der Waals surface area (Å²) in [5.41, 5.74) is 0.942. The molecule has 1 nitrogen and oxygen atoms in total. The number of rotatable bonds is 6. The topological polar surface area (TPSA) is 12.5 Å². The summed E-state index contributed by atoms with van der Waals surface area (Å²) in [4.78, 5) is 0. The van der Waals surface area contributed by atoms with Gasteiger partial charge in [0.15, 0.2) is 0 Å². The lowest BCUT2D eigenvalue weighted by Crippen LogP contribution is -2.27.